The lowest BCUT2D eigenvalue weighted by molar-refractivity contribution is -0.384. The molecular formula is C14H19BrN4O2. The van der Waals surface area contributed by atoms with E-state index in [2.05, 4.69) is 25.8 Å². The van der Waals surface area contributed by atoms with E-state index in [9.17, 15) is 10.1 Å². The quantitative estimate of drug-likeness (QED) is 0.616. The summed E-state index contributed by atoms with van der Waals surface area (Å²) >= 11 is 3.25. The number of halogens is 1. The first-order valence-electron chi connectivity index (χ1n) is 7.44. The van der Waals surface area contributed by atoms with E-state index >= 15 is 0 Å². The van der Waals surface area contributed by atoms with Crippen LogP contribution in [0.15, 0.2) is 16.7 Å². The zero-order chi connectivity index (χ0) is 14.8. The molecule has 1 aliphatic heterocycles. The minimum atomic E-state index is -0.351. The van der Waals surface area contributed by atoms with E-state index in [1.165, 1.54) is 31.7 Å². The molecular weight excluding hydrogens is 336 g/mol. The van der Waals surface area contributed by atoms with Crippen molar-refractivity contribution in [2.24, 2.45) is 0 Å². The maximum absolute atomic E-state index is 11.2. The Labute approximate surface area is 132 Å². The highest BCUT2D eigenvalue weighted by molar-refractivity contribution is 9.10. The Morgan fingerprint density at radius 3 is 2.52 bits per heavy atom. The number of nitro groups is 1. The van der Waals surface area contributed by atoms with Crippen molar-refractivity contribution in [2.45, 2.75) is 31.7 Å². The van der Waals surface area contributed by atoms with E-state index in [1.807, 2.05) is 4.90 Å². The molecule has 0 spiro atoms. The second-order valence-electron chi connectivity index (χ2n) is 5.71. The molecule has 0 atom stereocenters. The van der Waals surface area contributed by atoms with Gasteiger partial charge in [-0.05, 0) is 28.8 Å². The number of pyridine rings is 1. The van der Waals surface area contributed by atoms with Gasteiger partial charge in [-0.1, -0.05) is 12.8 Å². The number of nitrogens with zero attached hydrogens (tertiary/aromatic N) is 4. The number of rotatable bonds is 3. The van der Waals surface area contributed by atoms with Gasteiger partial charge in [0, 0.05) is 49.0 Å². The van der Waals surface area contributed by atoms with Crippen LogP contribution in [0.2, 0.25) is 0 Å². The van der Waals surface area contributed by atoms with Gasteiger partial charge in [-0.3, -0.25) is 15.0 Å². The molecule has 0 amide bonds. The van der Waals surface area contributed by atoms with Gasteiger partial charge in [-0.2, -0.15) is 0 Å². The standard InChI is InChI=1S/C14H19BrN4O2/c15-11-9-13(19(20)21)14(16-10-11)18-7-5-17(6-8-18)12-3-1-2-4-12/h9-10,12H,1-8H2. The van der Waals surface area contributed by atoms with Crippen molar-refractivity contribution >= 4 is 27.4 Å². The van der Waals surface area contributed by atoms with Gasteiger partial charge in [0.25, 0.3) is 0 Å². The van der Waals surface area contributed by atoms with Gasteiger partial charge in [0.1, 0.15) is 0 Å². The predicted molar refractivity (Wildman–Crippen MR) is 84.6 cm³/mol. The van der Waals surface area contributed by atoms with Gasteiger partial charge in [-0.25, -0.2) is 4.98 Å². The Hall–Kier alpha value is -1.21. The van der Waals surface area contributed by atoms with Crippen molar-refractivity contribution < 1.29 is 4.92 Å². The normalized spacial score (nSPS) is 20.9. The molecule has 21 heavy (non-hydrogen) atoms. The summed E-state index contributed by atoms with van der Waals surface area (Å²) in [6.45, 7) is 3.57. The third kappa shape index (κ3) is 3.18. The lowest BCUT2D eigenvalue weighted by Gasteiger charge is -2.38. The molecule has 2 aliphatic rings. The fourth-order valence-corrected chi connectivity index (χ4v) is 3.69. The van der Waals surface area contributed by atoms with E-state index in [-0.39, 0.29) is 10.6 Å². The molecule has 2 fully saturated rings. The maximum atomic E-state index is 11.2. The van der Waals surface area contributed by atoms with Crippen molar-refractivity contribution in [1.82, 2.24) is 9.88 Å². The first kappa shape index (κ1) is 14.7. The third-order valence-corrected chi connectivity index (χ3v) is 4.90. The maximum Gasteiger partial charge on any atom is 0.312 e. The van der Waals surface area contributed by atoms with E-state index in [1.54, 1.807) is 6.20 Å². The van der Waals surface area contributed by atoms with Crippen LogP contribution in [-0.4, -0.2) is 47.0 Å². The zero-order valence-corrected chi connectivity index (χ0v) is 13.5. The van der Waals surface area contributed by atoms with Crippen LogP contribution in [0.1, 0.15) is 25.7 Å². The summed E-state index contributed by atoms with van der Waals surface area (Å²) in [5, 5.41) is 11.2. The van der Waals surface area contributed by atoms with Gasteiger partial charge >= 0.3 is 5.69 Å². The van der Waals surface area contributed by atoms with Crippen LogP contribution in [0.5, 0.6) is 0 Å². The fourth-order valence-electron chi connectivity index (χ4n) is 3.37. The molecule has 0 N–H and O–H groups in total. The van der Waals surface area contributed by atoms with Crippen LogP contribution in [0.4, 0.5) is 11.5 Å². The monoisotopic (exact) mass is 354 g/mol. The van der Waals surface area contributed by atoms with Crippen LogP contribution < -0.4 is 4.90 Å². The second-order valence-corrected chi connectivity index (χ2v) is 6.63. The van der Waals surface area contributed by atoms with Gasteiger partial charge < -0.3 is 4.90 Å². The molecule has 1 aromatic rings. The number of hydrogen-bond donors (Lipinski definition) is 0. The molecule has 1 saturated carbocycles. The second kappa shape index (κ2) is 6.27. The summed E-state index contributed by atoms with van der Waals surface area (Å²) in [6, 6.07) is 2.26. The first-order valence-corrected chi connectivity index (χ1v) is 8.23. The summed E-state index contributed by atoms with van der Waals surface area (Å²) < 4.78 is 0.641. The lowest BCUT2D eigenvalue weighted by Crippen LogP contribution is -2.50. The van der Waals surface area contributed by atoms with Gasteiger partial charge in [-0.15, -0.1) is 0 Å². The predicted octanol–water partition coefficient (Wildman–Crippen LogP) is 2.82. The van der Waals surface area contributed by atoms with Crippen LogP contribution >= 0.6 is 15.9 Å². The molecule has 2 heterocycles. The number of anilines is 1. The summed E-state index contributed by atoms with van der Waals surface area (Å²) in [5.41, 5.74) is 0.0821. The molecule has 0 unspecified atom stereocenters. The van der Waals surface area contributed by atoms with Crippen LogP contribution in [-0.2, 0) is 0 Å². The number of piperazine rings is 1. The highest BCUT2D eigenvalue weighted by Crippen LogP contribution is 2.30. The number of aromatic nitrogens is 1. The van der Waals surface area contributed by atoms with Crippen molar-refractivity contribution in [2.75, 3.05) is 31.1 Å². The average molecular weight is 355 g/mol. The largest absolute Gasteiger partial charge is 0.348 e. The lowest BCUT2D eigenvalue weighted by atomic mass is 10.2. The molecule has 0 radical (unpaired) electrons. The molecule has 3 rings (SSSR count). The van der Waals surface area contributed by atoms with Crippen LogP contribution in [0, 0.1) is 10.1 Å². The summed E-state index contributed by atoms with van der Waals surface area (Å²) in [7, 11) is 0. The molecule has 1 saturated heterocycles. The summed E-state index contributed by atoms with van der Waals surface area (Å²) in [6.07, 6.45) is 6.91. The summed E-state index contributed by atoms with van der Waals surface area (Å²) in [4.78, 5) is 19.7. The topological polar surface area (TPSA) is 62.5 Å². The number of hydrogen-bond acceptors (Lipinski definition) is 5. The first-order chi connectivity index (χ1) is 10.1. The van der Waals surface area contributed by atoms with Crippen LogP contribution in [0.25, 0.3) is 0 Å². The third-order valence-electron chi connectivity index (χ3n) is 4.47. The Kier molecular flexibility index (Phi) is 4.40. The molecule has 1 aromatic heterocycles. The van der Waals surface area contributed by atoms with E-state index in [4.69, 9.17) is 0 Å². The molecule has 6 nitrogen and oxygen atoms in total. The molecule has 7 heteroatoms. The van der Waals surface area contributed by atoms with E-state index in [0.29, 0.717) is 10.3 Å². The van der Waals surface area contributed by atoms with Gasteiger partial charge in [0.2, 0.25) is 5.82 Å². The SMILES string of the molecule is O=[N+]([O-])c1cc(Br)cnc1N1CCN(C2CCCC2)CC1. The average Bonchev–Trinajstić information content (AvgIpc) is 3.01. The summed E-state index contributed by atoms with van der Waals surface area (Å²) in [5.74, 6) is 0.495. The molecule has 114 valence electrons. The highest BCUT2D eigenvalue weighted by atomic mass is 79.9. The molecule has 0 bridgehead atoms. The minimum Gasteiger partial charge on any atom is -0.348 e. The molecule has 1 aliphatic carbocycles. The van der Waals surface area contributed by atoms with Crippen molar-refractivity contribution in [1.29, 1.82) is 0 Å². The molecule has 0 aromatic carbocycles. The fraction of sp³-hybridized carbons (Fsp3) is 0.643. The van der Waals surface area contributed by atoms with Crippen molar-refractivity contribution in [3.05, 3.63) is 26.9 Å². The highest BCUT2D eigenvalue weighted by Gasteiger charge is 2.29. The Morgan fingerprint density at radius 1 is 1.24 bits per heavy atom. The Bertz CT molecular complexity index is 526. The smallest absolute Gasteiger partial charge is 0.312 e. The zero-order valence-electron chi connectivity index (χ0n) is 11.9. The van der Waals surface area contributed by atoms with Crippen molar-refractivity contribution in [3.8, 4) is 0 Å². The Morgan fingerprint density at radius 2 is 1.90 bits per heavy atom. The Balaban J connectivity index is 1.70. The van der Waals surface area contributed by atoms with Crippen molar-refractivity contribution in [3.63, 3.8) is 0 Å². The van der Waals surface area contributed by atoms with Gasteiger partial charge in [0.05, 0.1) is 4.92 Å². The van der Waals surface area contributed by atoms with Crippen LogP contribution in [0.3, 0.4) is 0 Å². The van der Waals surface area contributed by atoms with E-state index < -0.39 is 0 Å². The minimum absolute atomic E-state index is 0.0821. The van der Waals surface area contributed by atoms with Gasteiger partial charge in [0.15, 0.2) is 0 Å². The van der Waals surface area contributed by atoms with E-state index in [0.717, 1.165) is 32.2 Å².